The van der Waals surface area contributed by atoms with Crippen LogP contribution in [0.15, 0.2) is 18.2 Å². The van der Waals surface area contributed by atoms with Crippen molar-refractivity contribution in [1.29, 1.82) is 0 Å². The number of aliphatic hydroxyl groups is 1. The maximum Gasteiger partial charge on any atom is 0.258 e. The third-order valence-corrected chi connectivity index (χ3v) is 3.14. The van der Waals surface area contributed by atoms with Crippen LogP contribution in [0.2, 0.25) is 0 Å². The van der Waals surface area contributed by atoms with Gasteiger partial charge in [-0.3, -0.25) is 4.79 Å². The molecule has 0 aliphatic heterocycles. The molecule has 3 N–H and O–H groups in total. The second-order valence-corrected chi connectivity index (χ2v) is 4.39. The molecule has 0 bridgehead atoms. The van der Waals surface area contributed by atoms with Crippen LogP contribution in [0.3, 0.4) is 0 Å². The van der Waals surface area contributed by atoms with Crippen LogP contribution in [0.25, 0.3) is 0 Å². The number of hydrogen-bond acceptors (Lipinski definition) is 3. The lowest BCUT2D eigenvalue weighted by molar-refractivity contribution is -0.124. The molecule has 2 atom stereocenters. The molecule has 17 heavy (non-hydrogen) atoms. The van der Waals surface area contributed by atoms with Crippen LogP contribution < -0.4 is 10.5 Å². The smallest absolute Gasteiger partial charge is 0.258 e. The summed E-state index contributed by atoms with van der Waals surface area (Å²) in [5.41, 5.74) is 7.08. The molecular weight excluding hydrogens is 218 g/mol. The zero-order chi connectivity index (χ0) is 12.4. The summed E-state index contributed by atoms with van der Waals surface area (Å²) < 4.78 is 5.54. The SMILES string of the molecule is C[C@@H](Oc1cccc2c1CCC[C@H]2O)C(N)=O. The molecule has 92 valence electrons. The number of rotatable bonds is 3. The molecule has 2 rings (SSSR count). The summed E-state index contributed by atoms with van der Waals surface area (Å²) in [6.07, 6.45) is 1.50. The van der Waals surface area contributed by atoms with E-state index in [1.807, 2.05) is 18.2 Å². The molecule has 1 aromatic rings. The number of fused-ring (bicyclic) bond motifs is 1. The molecule has 0 heterocycles. The fourth-order valence-electron chi connectivity index (χ4n) is 2.15. The lowest BCUT2D eigenvalue weighted by Gasteiger charge is -2.24. The third-order valence-electron chi connectivity index (χ3n) is 3.14. The van der Waals surface area contributed by atoms with Gasteiger partial charge in [-0.25, -0.2) is 0 Å². The molecule has 1 aliphatic rings. The maximum absolute atomic E-state index is 11.0. The highest BCUT2D eigenvalue weighted by Crippen LogP contribution is 2.35. The van der Waals surface area contributed by atoms with E-state index in [0.717, 1.165) is 30.4 Å². The van der Waals surface area contributed by atoms with Gasteiger partial charge in [-0.2, -0.15) is 0 Å². The predicted molar refractivity (Wildman–Crippen MR) is 63.6 cm³/mol. The Labute approximate surface area is 100 Å². The lowest BCUT2D eigenvalue weighted by Crippen LogP contribution is -2.31. The molecule has 0 fully saturated rings. The summed E-state index contributed by atoms with van der Waals surface area (Å²) in [5, 5.41) is 9.88. The quantitative estimate of drug-likeness (QED) is 0.829. The number of carbonyl (C=O) groups excluding carboxylic acids is 1. The monoisotopic (exact) mass is 235 g/mol. The highest BCUT2D eigenvalue weighted by molar-refractivity contribution is 5.78. The Balaban J connectivity index is 2.29. The van der Waals surface area contributed by atoms with Crippen LogP contribution in [-0.4, -0.2) is 17.1 Å². The molecule has 4 nitrogen and oxygen atoms in total. The van der Waals surface area contributed by atoms with Gasteiger partial charge in [-0.1, -0.05) is 12.1 Å². The van der Waals surface area contributed by atoms with Crippen molar-refractivity contribution in [2.45, 2.75) is 38.4 Å². The minimum atomic E-state index is -0.652. The van der Waals surface area contributed by atoms with Gasteiger partial charge >= 0.3 is 0 Å². The molecule has 0 unspecified atom stereocenters. The zero-order valence-electron chi connectivity index (χ0n) is 9.85. The van der Waals surface area contributed by atoms with Crippen molar-refractivity contribution in [2.75, 3.05) is 0 Å². The Morgan fingerprint density at radius 1 is 1.59 bits per heavy atom. The van der Waals surface area contributed by atoms with Gasteiger partial charge in [-0.05, 0) is 43.4 Å². The molecule has 0 aromatic heterocycles. The molecule has 1 aromatic carbocycles. The van der Waals surface area contributed by atoms with E-state index in [2.05, 4.69) is 0 Å². The number of carbonyl (C=O) groups is 1. The van der Waals surface area contributed by atoms with Gasteiger partial charge in [-0.15, -0.1) is 0 Å². The van der Waals surface area contributed by atoms with Gasteiger partial charge in [0.05, 0.1) is 6.10 Å². The summed E-state index contributed by atoms with van der Waals surface area (Å²) in [6, 6.07) is 5.55. The van der Waals surface area contributed by atoms with E-state index >= 15 is 0 Å². The largest absolute Gasteiger partial charge is 0.481 e. The topological polar surface area (TPSA) is 72.6 Å². The molecule has 4 heteroatoms. The van der Waals surface area contributed by atoms with E-state index in [1.54, 1.807) is 6.92 Å². The minimum Gasteiger partial charge on any atom is -0.481 e. The molecule has 1 amide bonds. The second kappa shape index (κ2) is 4.75. The van der Waals surface area contributed by atoms with E-state index in [1.165, 1.54) is 0 Å². The van der Waals surface area contributed by atoms with Crippen LogP contribution in [-0.2, 0) is 11.2 Å². The maximum atomic E-state index is 11.0. The number of nitrogens with two attached hydrogens (primary N) is 1. The molecule has 0 spiro atoms. The Hall–Kier alpha value is -1.55. The van der Waals surface area contributed by atoms with E-state index in [9.17, 15) is 9.90 Å². The van der Waals surface area contributed by atoms with Crippen molar-refractivity contribution in [3.8, 4) is 5.75 Å². The van der Waals surface area contributed by atoms with Gasteiger partial charge in [0.25, 0.3) is 5.91 Å². The van der Waals surface area contributed by atoms with Crippen molar-refractivity contribution >= 4 is 5.91 Å². The first-order valence-electron chi connectivity index (χ1n) is 5.85. The molecule has 1 aliphatic carbocycles. The minimum absolute atomic E-state index is 0.425. The molecule has 0 saturated heterocycles. The van der Waals surface area contributed by atoms with Crippen LogP contribution in [0, 0.1) is 0 Å². The van der Waals surface area contributed by atoms with Crippen LogP contribution >= 0.6 is 0 Å². The Kier molecular flexibility index (Phi) is 3.33. The number of benzene rings is 1. The first-order chi connectivity index (χ1) is 8.09. The number of aliphatic hydroxyl groups excluding tert-OH is 1. The highest BCUT2D eigenvalue weighted by Gasteiger charge is 2.22. The van der Waals surface area contributed by atoms with Crippen molar-refractivity contribution < 1.29 is 14.6 Å². The fourth-order valence-corrected chi connectivity index (χ4v) is 2.15. The number of ether oxygens (including phenoxy) is 1. The van der Waals surface area contributed by atoms with Gasteiger partial charge in [0, 0.05) is 0 Å². The molecular formula is C13H17NO3. The van der Waals surface area contributed by atoms with Crippen molar-refractivity contribution in [3.63, 3.8) is 0 Å². The van der Waals surface area contributed by atoms with Gasteiger partial charge in [0.15, 0.2) is 6.10 Å². The van der Waals surface area contributed by atoms with Crippen molar-refractivity contribution in [3.05, 3.63) is 29.3 Å². The zero-order valence-corrected chi connectivity index (χ0v) is 9.85. The Morgan fingerprint density at radius 2 is 2.35 bits per heavy atom. The summed E-state index contributed by atoms with van der Waals surface area (Å²) in [4.78, 5) is 11.0. The second-order valence-electron chi connectivity index (χ2n) is 4.39. The van der Waals surface area contributed by atoms with E-state index in [4.69, 9.17) is 10.5 Å². The average molecular weight is 235 g/mol. The average Bonchev–Trinajstić information content (AvgIpc) is 2.30. The fraction of sp³-hybridized carbons (Fsp3) is 0.462. The number of hydrogen-bond donors (Lipinski definition) is 2. The summed E-state index contributed by atoms with van der Waals surface area (Å²) in [5.74, 6) is 0.173. The van der Waals surface area contributed by atoms with E-state index < -0.39 is 18.1 Å². The normalized spacial score (nSPS) is 20.5. The lowest BCUT2D eigenvalue weighted by atomic mass is 9.89. The Bertz CT molecular complexity index is 431. The van der Waals surface area contributed by atoms with Gasteiger partial charge < -0.3 is 15.6 Å². The first-order valence-corrected chi connectivity index (χ1v) is 5.85. The molecule has 0 radical (unpaired) electrons. The third kappa shape index (κ3) is 2.42. The van der Waals surface area contributed by atoms with Crippen LogP contribution in [0.4, 0.5) is 0 Å². The van der Waals surface area contributed by atoms with Crippen molar-refractivity contribution in [2.24, 2.45) is 5.73 Å². The standard InChI is InChI=1S/C13H17NO3/c1-8(13(14)16)17-12-7-3-4-9-10(12)5-2-6-11(9)15/h3-4,7-8,11,15H,2,5-6H2,1H3,(H2,14,16)/t8-,11-/m1/s1. The van der Waals surface area contributed by atoms with Crippen molar-refractivity contribution in [1.82, 2.24) is 0 Å². The molecule has 0 saturated carbocycles. The summed E-state index contributed by atoms with van der Waals surface area (Å²) in [7, 11) is 0. The van der Waals surface area contributed by atoms with E-state index in [-0.39, 0.29) is 0 Å². The van der Waals surface area contributed by atoms with Crippen LogP contribution in [0.5, 0.6) is 5.75 Å². The van der Waals surface area contributed by atoms with E-state index in [0.29, 0.717) is 5.75 Å². The van der Waals surface area contributed by atoms with Gasteiger partial charge in [0.2, 0.25) is 0 Å². The predicted octanol–water partition coefficient (Wildman–Crippen LogP) is 1.31. The number of primary amides is 1. The number of amides is 1. The first kappa shape index (κ1) is 11.9. The van der Waals surface area contributed by atoms with Crippen LogP contribution in [0.1, 0.15) is 37.0 Å². The Morgan fingerprint density at radius 3 is 3.06 bits per heavy atom. The van der Waals surface area contributed by atoms with Gasteiger partial charge in [0.1, 0.15) is 5.75 Å². The summed E-state index contributed by atoms with van der Waals surface area (Å²) in [6.45, 7) is 1.63. The highest BCUT2D eigenvalue weighted by atomic mass is 16.5. The summed E-state index contributed by atoms with van der Waals surface area (Å²) >= 11 is 0.